The first-order chi connectivity index (χ1) is 24.7. The Morgan fingerprint density at radius 3 is 2.33 bits per heavy atom. The van der Waals surface area contributed by atoms with Crippen molar-refractivity contribution >= 4 is 41.0 Å². The van der Waals surface area contributed by atoms with Crippen molar-refractivity contribution in [3.63, 3.8) is 0 Å². The molecule has 51 heavy (non-hydrogen) atoms. The van der Waals surface area contributed by atoms with Crippen molar-refractivity contribution in [2.75, 3.05) is 24.6 Å². The van der Waals surface area contributed by atoms with Gasteiger partial charge in [-0.3, -0.25) is 19.2 Å². The number of hydrogen-bond donors (Lipinski definition) is 2. The van der Waals surface area contributed by atoms with Gasteiger partial charge >= 0.3 is 5.97 Å². The van der Waals surface area contributed by atoms with Crippen LogP contribution in [0.2, 0.25) is 5.02 Å². The predicted octanol–water partition coefficient (Wildman–Crippen LogP) is 5.33. The molecule has 2 N–H and O–H groups in total. The largest absolute Gasteiger partial charge is 0.455 e. The minimum Gasteiger partial charge on any atom is -0.455 e. The fourth-order valence-electron chi connectivity index (χ4n) is 7.90. The van der Waals surface area contributed by atoms with Crippen LogP contribution in [-0.4, -0.2) is 71.1 Å². The maximum atomic E-state index is 15.0. The van der Waals surface area contributed by atoms with E-state index in [2.05, 4.69) is 18.5 Å². The molecule has 1 spiro atoms. The number of esters is 1. The summed E-state index contributed by atoms with van der Waals surface area (Å²) < 4.78 is 12.8. The normalized spacial score (nSPS) is 24.4. The number of nitrogens with one attached hydrogen (secondary N) is 1. The van der Waals surface area contributed by atoms with Crippen LogP contribution >= 0.6 is 11.6 Å². The van der Waals surface area contributed by atoms with E-state index in [4.69, 9.17) is 21.1 Å². The van der Waals surface area contributed by atoms with Gasteiger partial charge in [-0.2, -0.15) is 0 Å². The molecule has 6 rings (SSSR count). The summed E-state index contributed by atoms with van der Waals surface area (Å²) in [6.07, 6.45) is 3.20. The summed E-state index contributed by atoms with van der Waals surface area (Å²) >= 11 is 6.61. The Hall–Kier alpha value is -4.77. The molecular formula is C40H42ClN3O7. The molecule has 0 aromatic heterocycles. The Morgan fingerprint density at radius 2 is 1.69 bits per heavy atom. The fraction of sp³-hybridized carbons (Fsp3) is 0.350. The molecule has 266 valence electrons. The summed E-state index contributed by atoms with van der Waals surface area (Å²) in [7, 11) is 0. The van der Waals surface area contributed by atoms with Crippen molar-refractivity contribution < 1.29 is 33.8 Å². The zero-order chi connectivity index (χ0) is 36.1. The van der Waals surface area contributed by atoms with E-state index in [9.17, 15) is 24.3 Å². The highest BCUT2D eigenvalue weighted by atomic mass is 35.5. The van der Waals surface area contributed by atoms with E-state index in [0.717, 1.165) is 0 Å². The van der Waals surface area contributed by atoms with Gasteiger partial charge in [0.15, 0.2) is 0 Å². The third kappa shape index (κ3) is 6.83. The average Bonchev–Trinajstić information content (AvgIpc) is 3.80. The number of fused-ring (bicyclic) bond motifs is 1. The van der Waals surface area contributed by atoms with Crippen LogP contribution < -0.4 is 10.2 Å². The predicted molar refractivity (Wildman–Crippen MR) is 192 cm³/mol. The summed E-state index contributed by atoms with van der Waals surface area (Å²) in [6.45, 7) is 7.15. The van der Waals surface area contributed by atoms with Crippen LogP contribution in [0, 0.1) is 11.8 Å². The van der Waals surface area contributed by atoms with Crippen LogP contribution in [0.5, 0.6) is 0 Å². The minimum absolute atomic E-state index is 0.0237. The number of likely N-dealkylation sites (tertiary alicyclic amines) is 1. The highest BCUT2D eigenvalue weighted by molar-refractivity contribution is 6.34. The van der Waals surface area contributed by atoms with Crippen molar-refractivity contribution in [2.24, 2.45) is 11.8 Å². The van der Waals surface area contributed by atoms with Gasteiger partial charge in [0.1, 0.15) is 17.7 Å². The van der Waals surface area contributed by atoms with E-state index in [-0.39, 0.29) is 25.4 Å². The fourth-order valence-corrected chi connectivity index (χ4v) is 8.14. The van der Waals surface area contributed by atoms with Crippen LogP contribution in [0.25, 0.3) is 0 Å². The number of carbonyl (C=O) groups excluding carboxylic acids is 4. The van der Waals surface area contributed by atoms with Gasteiger partial charge in [-0.25, -0.2) is 0 Å². The van der Waals surface area contributed by atoms with Crippen molar-refractivity contribution in [1.29, 1.82) is 0 Å². The molecule has 3 fully saturated rings. The number of halogens is 1. The van der Waals surface area contributed by atoms with Gasteiger partial charge in [0.25, 0.3) is 5.91 Å². The number of aliphatic hydroxyl groups is 1. The molecule has 0 aliphatic carbocycles. The maximum absolute atomic E-state index is 15.0. The Bertz CT molecular complexity index is 1770. The average molecular weight is 712 g/mol. The van der Waals surface area contributed by atoms with E-state index in [1.807, 2.05) is 24.3 Å². The molecule has 0 unspecified atom stereocenters. The molecule has 3 aromatic carbocycles. The van der Waals surface area contributed by atoms with Crippen LogP contribution in [0.1, 0.15) is 49.0 Å². The Kier molecular flexibility index (Phi) is 11.0. The third-order valence-corrected chi connectivity index (χ3v) is 10.5. The highest BCUT2D eigenvalue weighted by Gasteiger charge is 2.76. The summed E-state index contributed by atoms with van der Waals surface area (Å²) in [5.74, 6) is -3.91. The number of benzene rings is 3. The topological polar surface area (TPSA) is 125 Å². The smallest absolute Gasteiger partial charge is 0.313 e. The molecule has 11 heteroatoms. The zero-order valence-corrected chi connectivity index (χ0v) is 29.0. The van der Waals surface area contributed by atoms with Gasteiger partial charge in [-0.05, 0) is 42.5 Å². The lowest BCUT2D eigenvalue weighted by Crippen LogP contribution is -2.57. The maximum Gasteiger partial charge on any atom is 0.313 e. The molecule has 7 atom stereocenters. The Balaban J connectivity index is 1.38. The molecule has 3 aliphatic rings. The first-order valence-electron chi connectivity index (χ1n) is 17.2. The first kappa shape index (κ1) is 36.0. The lowest BCUT2D eigenvalue weighted by Gasteiger charge is -2.39. The molecule has 3 amide bonds. The van der Waals surface area contributed by atoms with E-state index in [1.54, 1.807) is 72.8 Å². The standard InChI is InChI=1S/C40H42ClN3O7/c1-3-5-20-33(46)42-24-32(27-16-10-7-11-17-27)50-39(49)34-31-21-22-40(51-31)35(34)37(47)44(30(25-45)26-14-8-6-9-15-26)36(40)38(48)43(23-4-2)29-19-13-12-18-28(29)41/h3-4,6-19,30-32,34-36,45H,1-2,5,20-25H2,(H,42,46)/t30-,31+,32+,34-,35-,36+,40-/m1/s1. The Labute approximate surface area is 302 Å². The first-order valence-corrected chi connectivity index (χ1v) is 17.6. The molecule has 3 aliphatic heterocycles. The van der Waals surface area contributed by atoms with Crippen LogP contribution in [0.4, 0.5) is 5.69 Å². The van der Waals surface area contributed by atoms with Crippen molar-refractivity contribution in [3.05, 3.63) is 126 Å². The van der Waals surface area contributed by atoms with Gasteiger partial charge in [-0.15, -0.1) is 13.2 Å². The van der Waals surface area contributed by atoms with E-state index < -0.39 is 66.1 Å². The molecular weight excluding hydrogens is 670 g/mol. The molecule has 0 saturated carbocycles. The number of para-hydroxylation sites is 1. The summed E-state index contributed by atoms with van der Waals surface area (Å²) in [6, 6.07) is 22.9. The van der Waals surface area contributed by atoms with Gasteiger partial charge in [-0.1, -0.05) is 96.5 Å². The SMILES string of the molecule is C=CCCC(=O)NC[C@H](OC(=O)[C@@H]1[C@@H]2CC[C@]3(O2)[C@H](C(=O)N(CC=C)c2ccccc2Cl)N([C@H](CO)c2ccccc2)C(=O)[C@@H]13)c1ccccc1. The number of nitrogens with zero attached hydrogens (tertiary/aromatic N) is 2. The van der Waals surface area contributed by atoms with Crippen molar-refractivity contribution in [2.45, 2.75) is 55.6 Å². The van der Waals surface area contributed by atoms with Gasteiger partial charge < -0.3 is 29.7 Å². The summed E-state index contributed by atoms with van der Waals surface area (Å²) in [5, 5.41) is 14.0. The number of aliphatic hydroxyl groups excluding tert-OH is 1. The van der Waals surface area contributed by atoms with Gasteiger partial charge in [0.2, 0.25) is 11.8 Å². The second-order valence-corrected chi connectivity index (χ2v) is 13.5. The molecule has 3 aromatic rings. The van der Waals surface area contributed by atoms with Crippen molar-refractivity contribution in [1.82, 2.24) is 10.2 Å². The highest BCUT2D eigenvalue weighted by Crippen LogP contribution is 2.60. The van der Waals surface area contributed by atoms with Crippen LogP contribution in [0.15, 0.2) is 110 Å². The van der Waals surface area contributed by atoms with Crippen molar-refractivity contribution in [3.8, 4) is 0 Å². The number of ether oxygens (including phenoxy) is 2. The van der Waals surface area contributed by atoms with E-state index in [1.165, 1.54) is 9.80 Å². The summed E-state index contributed by atoms with van der Waals surface area (Å²) in [5.41, 5.74) is 0.346. The molecule has 10 nitrogen and oxygen atoms in total. The monoisotopic (exact) mass is 711 g/mol. The van der Waals surface area contributed by atoms with Crippen LogP contribution in [-0.2, 0) is 28.7 Å². The minimum atomic E-state index is -1.38. The number of amides is 3. The number of anilines is 1. The lowest BCUT2D eigenvalue weighted by atomic mass is 9.70. The Morgan fingerprint density at radius 1 is 1.02 bits per heavy atom. The third-order valence-electron chi connectivity index (χ3n) is 10.1. The van der Waals surface area contributed by atoms with Crippen LogP contribution in [0.3, 0.4) is 0 Å². The number of rotatable bonds is 15. The second-order valence-electron chi connectivity index (χ2n) is 13.1. The summed E-state index contributed by atoms with van der Waals surface area (Å²) in [4.78, 5) is 59.6. The lowest BCUT2D eigenvalue weighted by molar-refractivity contribution is -0.161. The van der Waals surface area contributed by atoms with Gasteiger partial charge in [0.05, 0.1) is 47.8 Å². The number of hydrogen-bond acceptors (Lipinski definition) is 7. The quantitative estimate of drug-likeness (QED) is 0.161. The number of carbonyl (C=O) groups is 4. The molecule has 0 radical (unpaired) electrons. The van der Waals surface area contributed by atoms with Gasteiger partial charge in [0, 0.05) is 13.0 Å². The molecule has 2 bridgehead atoms. The zero-order valence-electron chi connectivity index (χ0n) is 28.2. The second kappa shape index (κ2) is 15.6. The molecule has 3 heterocycles. The van der Waals surface area contributed by atoms with E-state index >= 15 is 0 Å². The number of allylic oxidation sites excluding steroid dienone is 1. The van der Waals surface area contributed by atoms with E-state index in [0.29, 0.717) is 41.1 Å². The molecule has 3 saturated heterocycles.